The summed E-state index contributed by atoms with van der Waals surface area (Å²) in [5.74, 6) is -0.0362. The molecule has 0 fully saturated rings. The van der Waals surface area contributed by atoms with Crippen molar-refractivity contribution in [2.75, 3.05) is 0 Å². The third kappa shape index (κ3) is 4.53. The molecule has 2 rings (SSSR count). The molecule has 1 N–H and O–H groups in total. The number of carbonyl (C=O) groups excluding carboxylic acids is 2. The lowest BCUT2D eigenvalue weighted by Gasteiger charge is -2.17. The quantitative estimate of drug-likeness (QED) is 0.775. The molecule has 1 unspecified atom stereocenters. The maximum atomic E-state index is 12.1. The Bertz CT molecular complexity index is 617. The molecule has 0 aliphatic rings. The van der Waals surface area contributed by atoms with E-state index in [1.807, 2.05) is 49.6 Å². The van der Waals surface area contributed by atoms with E-state index < -0.39 is 0 Å². The summed E-state index contributed by atoms with van der Waals surface area (Å²) in [6.07, 6.45) is 1.32. The number of aryl methyl sites for hydroxylation is 1. The van der Waals surface area contributed by atoms with Crippen LogP contribution in [0.3, 0.4) is 0 Å². The van der Waals surface area contributed by atoms with Crippen molar-refractivity contribution in [3.8, 4) is 0 Å². The van der Waals surface area contributed by atoms with Gasteiger partial charge in [0.15, 0.2) is 5.78 Å². The maximum absolute atomic E-state index is 12.1. The van der Waals surface area contributed by atoms with E-state index in [0.29, 0.717) is 0 Å². The van der Waals surface area contributed by atoms with Crippen molar-refractivity contribution in [2.24, 2.45) is 0 Å². The first-order chi connectivity index (χ1) is 10.6. The fourth-order valence-electron chi connectivity index (χ4n) is 2.27. The van der Waals surface area contributed by atoms with Gasteiger partial charge in [-0.25, -0.2) is 0 Å². The molecule has 1 amide bonds. The van der Waals surface area contributed by atoms with Crippen molar-refractivity contribution in [1.82, 2.24) is 5.32 Å². The SMILES string of the molecule is CCC(NC(=O)CCC(=O)c1cccs1)c1ccc(C)cc1. The second-order valence-corrected chi connectivity index (χ2v) is 6.29. The maximum Gasteiger partial charge on any atom is 0.220 e. The van der Waals surface area contributed by atoms with Crippen molar-refractivity contribution in [2.45, 2.75) is 39.2 Å². The number of benzene rings is 1. The van der Waals surface area contributed by atoms with Gasteiger partial charge in [-0.2, -0.15) is 0 Å². The summed E-state index contributed by atoms with van der Waals surface area (Å²) >= 11 is 1.42. The number of nitrogens with one attached hydrogen (secondary N) is 1. The predicted octanol–water partition coefficient (Wildman–Crippen LogP) is 4.29. The average Bonchev–Trinajstić information content (AvgIpc) is 3.05. The Kier molecular flexibility index (Phi) is 5.90. The normalized spacial score (nSPS) is 11.9. The molecule has 3 nitrogen and oxygen atoms in total. The van der Waals surface area contributed by atoms with Crippen molar-refractivity contribution in [1.29, 1.82) is 0 Å². The largest absolute Gasteiger partial charge is 0.349 e. The summed E-state index contributed by atoms with van der Waals surface area (Å²) in [5.41, 5.74) is 2.30. The van der Waals surface area contributed by atoms with E-state index in [9.17, 15) is 9.59 Å². The summed E-state index contributed by atoms with van der Waals surface area (Å²) in [6.45, 7) is 4.08. The van der Waals surface area contributed by atoms with Crippen LogP contribution in [0.2, 0.25) is 0 Å². The molecular formula is C18H21NO2S. The van der Waals surface area contributed by atoms with Gasteiger partial charge in [-0.05, 0) is 30.4 Å². The van der Waals surface area contributed by atoms with Crippen molar-refractivity contribution >= 4 is 23.0 Å². The molecule has 1 aromatic carbocycles. The van der Waals surface area contributed by atoms with Gasteiger partial charge in [0.2, 0.25) is 5.91 Å². The molecule has 0 aliphatic carbocycles. The van der Waals surface area contributed by atoms with Crippen LogP contribution in [-0.4, -0.2) is 11.7 Å². The standard InChI is InChI=1S/C18H21NO2S/c1-3-15(14-8-6-13(2)7-9-14)19-18(21)11-10-16(20)17-5-4-12-22-17/h4-9,12,15H,3,10-11H2,1-2H3,(H,19,21). The number of hydrogen-bond acceptors (Lipinski definition) is 3. The lowest BCUT2D eigenvalue weighted by molar-refractivity contribution is -0.121. The van der Waals surface area contributed by atoms with Crippen molar-refractivity contribution in [3.05, 3.63) is 57.8 Å². The number of hydrogen-bond donors (Lipinski definition) is 1. The highest BCUT2D eigenvalue weighted by Crippen LogP contribution is 2.18. The van der Waals surface area contributed by atoms with Gasteiger partial charge in [0.1, 0.15) is 0 Å². The number of carbonyl (C=O) groups is 2. The number of ketones is 1. The van der Waals surface area contributed by atoms with Gasteiger partial charge in [-0.3, -0.25) is 9.59 Å². The van der Waals surface area contributed by atoms with Crippen molar-refractivity contribution in [3.63, 3.8) is 0 Å². The topological polar surface area (TPSA) is 46.2 Å². The van der Waals surface area contributed by atoms with E-state index in [2.05, 4.69) is 5.32 Å². The van der Waals surface area contributed by atoms with Crippen LogP contribution in [0.1, 0.15) is 53.0 Å². The average molecular weight is 315 g/mol. The molecule has 0 saturated heterocycles. The zero-order chi connectivity index (χ0) is 15.9. The van der Waals surface area contributed by atoms with Crippen LogP contribution in [0.4, 0.5) is 0 Å². The Hall–Kier alpha value is -1.94. The monoisotopic (exact) mass is 315 g/mol. The molecule has 0 aliphatic heterocycles. The van der Waals surface area contributed by atoms with E-state index in [0.717, 1.165) is 16.9 Å². The molecule has 116 valence electrons. The van der Waals surface area contributed by atoms with Crippen LogP contribution in [-0.2, 0) is 4.79 Å². The minimum Gasteiger partial charge on any atom is -0.349 e. The van der Waals surface area contributed by atoms with Gasteiger partial charge in [0.05, 0.1) is 10.9 Å². The lowest BCUT2D eigenvalue weighted by atomic mass is 10.0. The molecule has 4 heteroatoms. The van der Waals surface area contributed by atoms with Gasteiger partial charge >= 0.3 is 0 Å². The van der Waals surface area contributed by atoms with Gasteiger partial charge in [0.25, 0.3) is 0 Å². The zero-order valence-electron chi connectivity index (χ0n) is 13.0. The molecule has 1 aromatic heterocycles. The third-order valence-corrected chi connectivity index (χ3v) is 4.51. The lowest BCUT2D eigenvalue weighted by Crippen LogP contribution is -2.28. The van der Waals surface area contributed by atoms with Crippen molar-refractivity contribution < 1.29 is 9.59 Å². The van der Waals surface area contributed by atoms with Crippen LogP contribution >= 0.6 is 11.3 Å². The molecule has 0 radical (unpaired) electrons. The Balaban J connectivity index is 1.87. The van der Waals surface area contributed by atoms with Crippen LogP contribution < -0.4 is 5.32 Å². The Labute approximate surface area is 135 Å². The number of thiophene rings is 1. The Morgan fingerprint density at radius 1 is 1.14 bits per heavy atom. The first-order valence-electron chi connectivity index (χ1n) is 7.52. The van der Waals surface area contributed by atoms with Crippen LogP contribution in [0.15, 0.2) is 41.8 Å². The van der Waals surface area contributed by atoms with E-state index in [-0.39, 0.29) is 30.6 Å². The smallest absolute Gasteiger partial charge is 0.220 e. The van der Waals surface area contributed by atoms with E-state index >= 15 is 0 Å². The van der Waals surface area contributed by atoms with Gasteiger partial charge < -0.3 is 5.32 Å². The summed E-state index contributed by atoms with van der Waals surface area (Å²) in [4.78, 5) is 24.7. The fourth-order valence-corrected chi connectivity index (χ4v) is 2.97. The molecule has 2 aromatic rings. The number of amides is 1. The van der Waals surface area contributed by atoms with Crippen LogP contribution in [0.5, 0.6) is 0 Å². The second-order valence-electron chi connectivity index (χ2n) is 5.34. The Morgan fingerprint density at radius 3 is 2.45 bits per heavy atom. The minimum absolute atomic E-state index is 0.00457. The van der Waals surface area contributed by atoms with Gasteiger partial charge in [-0.1, -0.05) is 42.8 Å². The molecule has 0 bridgehead atoms. The first kappa shape index (κ1) is 16.4. The Morgan fingerprint density at radius 2 is 1.86 bits per heavy atom. The summed E-state index contributed by atoms with van der Waals surface area (Å²) in [5, 5.41) is 4.89. The minimum atomic E-state index is -0.0719. The van der Waals surface area contributed by atoms with Crippen LogP contribution in [0, 0.1) is 6.92 Å². The molecular weight excluding hydrogens is 294 g/mol. The summed E-state index contributed by atoms with van der Waals surface area (Å²) < 4.78 is 0. The third-order valence-electron chi connectivity index (χ3n) is 3.60. The summed E-state index contributed by atoms with van der Waals surface area (Å²) in [7, 11) is 0. The highest BCUT2D eigenvalue weighted by molar-refractivity contribution is 7.12. The van der Waals surface area contributed by atoms with E-state index in [4.69, 9.17) is 0 Å². The molecule has 1 atom stereocenters. The summed E-state index contributed by atoms with van der Waals surface area (Å²) in [6, 6.07) is 11.8. The first-order valence-corrected chi connectivity index (χ1v) is 8.40. The number of Topliss-reactive ketones (excluding diaryl/α,β-unsaturated/α-hetero) is 1. The molecule has 22 heavy (non-hydrogen) atoms. The van der Waals surface area contributed by atoms with Gasteiger partial charge in [0, 0.05) is 12.8 Å². The highest BCUT2D eigenvalue weighted by atomic mass is 32.1. The van der Waals surface area contributed by atoms with Gasteiger partial charge in [-0.15, -0.1) is 11.3 Å². The molecule has 0 saturated carbocycles. The molecule has 0 spiro atoms. The second kappa shape index (κ2) is 7.90. The predicted molar refractivity (Wildman–Crippen MR) is 90.2 cm³/mol. The fraction of sp³-hybridized carbons (Fsp3) is 0.333. The van der Waals surface area contributed by atoms with Crippen LogP contribution in [0.25, 0.3) is 0 Å². The van der Waals surface area contributed by atoms with E-state index in [1.54, 1.807) is 6.07 Å². The zero-order valence-corrected chi connectivity index (χ0v) is 13.8. The highest BCUT2D eigenvalue weighted by Gasteiger charge is 2.14. The van der Waals surface area contributed by atoms with E-state index in [1.165, 1.54) is 16.9 Å². The molecule has 1 heterocycles. The number of rotatable bonds is 7.